The van der Waals surface area contributed by atoms with E-state index in [2.05, 4.69) is 10.3 Å². The minimum Gasteiger partial charge on any atom is -0.370 e. The normalized spacial score (nSPS) is 17.6. The summed E-state index contributed by atoms with van der Waals surface area (Å²) in [4.78, 5) is 32.0. The molecule has 7 heteroatoms. The minimum absolute atomic E-state index is 0.0199. The molecule has 144 valence electrons. The Morgan fingerprint density at radius 3 is 2.89 bits per heavy atom. The van der Waals surface area contributed by atoms with Gasteiger partial charge in [-0.25, -0.2) is 0 Å². The van der Waals surface area contributed by atoms with Crippen molar-refractivity contribution >= 4 is 23.2 Å². The van der Waals surface area contributed by atoms with Crippen LogP contribution < -0.4 is 5.32 Å². The molecule has 3 heterocycles. The van der Waals surface area contributed by atoms with E-state index in [1.165, 1.54) is 11.3 Å². The Hall–Kier alpha value is -2.25. The third kappa shape index (κ3) is 5.14. The van der Waals surface area contributed by atoms with Crippen LogP contribution in [0, 0.1) is 0 Å². The van der Waals surface area contributed by atoms with Gasteiger partial charge in [-0.2, -0.15) is 0 Å². The Kier molecular flexibility index (Phi) is 6.23. The van der Waals surface area contributed by atoms with Crippen LogP contribution in [-0.2, 0) is 16.1 Å². The maximum Gasteiger partial charge on any atom is 0.262 e. The Morgan fingerprint density at radius 1 is 1.33 bits per heavy atom. The molecule has 1 unspecified atom stereocenters. The molecule has 0 aliphatic carbocycles. The van der Waals surface area contributed by atoms with Crippen LogP contribution in [0.4, 0.5) is 0 Å². The van der Waals surface area contributed by atoms with Crippen molar-refractivity contribution in [2.24, 2.45) is 0 Å². The van der Waals surface area contributed by atoms with Crippen molar-refractivity contribution in [3.63, 3.8) is 0 Å². The number of hydrogen-bond acceptors (Lipinski definition) is 5. The van der Waals surface area contributed by atoms with Gasteiger partial charge in [0.1, 0.15) is 5.54 Å². The summed E-state index contributed by atoms with van der Waals surface area (Å²) in [5.74, 6) is -0.304. The molecule has 1 saturated heterocycles. The Bertz CT molecular complexity index is 762. The van der Waals surface area contributed by atoms with Gasteiger partial charge in [-0.05, 0) is 50.3 Å². The van der Waals surface area contributed by atoms with E-state index in [0.717, 1.165) is 18.5 Å². The summed E-state index contributed by atoms with van der Waals surface area (Å²) in [6.45, 7) is 5.15. The number of nitrogens with one attached hydrogen (secondary N) is 1. The number of carbonyl (C=O) groups excluding carboxylic acids is 2. The molecular formula is C20H25N3O3S. The summed E-state index contributed by atoms with van der Waals surface area (Å²) in [6, 6.07) is 9.30. The molecule has 0 saturated carbocycles. The first-order valence-corrected chi connectivity index (χ1v) is 10.0. The van der Waals surface area contributed by atoms with Crippen LogP contribution in [0.2, 0.25) is 0 Å². The largest absolute Gasteiger partial charge is 0.370 e. The molecule has 0 radical (unpaired) electrons. The average Bonchev–Trinajstić information content (AvgIpc) is 3.21. The Balaban J connectivity index is 1.56. The number of pyridine rings is 1. The monoisotopic (exact) mass is 387 g/mol. The Morgan fingerprint density at radius 2 is 2.19 bits per heavy atom. The zero-order valence-electron chi connectivity index (χ0n) is 15.7. The number of rotatable bonds is 6. The fraction of sp³-hybridized carbons (Fsp3) is 0.450. The highest BCUT2D eigenvalue weighted by molar-refractivity contribution is 7.12. The molecule has 0 bridgehead atoms. The number of carbonyl (C=O) groups is 2. The first-order chi connectivity index (χ1) is 13.0. The zero-order chi connectivity index (χ0) is 19.3. The number of hydrogen-bond donors (Lipinski definition) is 1. The number of piperidine rings is 1. The number of amides is 2. The first-order valence-electron chi connectivity index (χ1n) is 9.12. The molecule has 27 heavy (non-hydrogen) atoms. The molecule has 0 aromatic carbocycles. The van der Waals surface area contributed by atoms with Crippen molar-refractivity contribution in [1.82, 2.24) is 15.2 Å². The van der Waals surface area contributed by atoms with E-state index in [4.69, 9.17) is 4.74 Å². The lowest BCUT2D eigenvalue weighted by molar-refractivity contribution is -0.141. The zero-order valence-corrected chi connectivity index (χ0v) is 16.5. The second-order valence-corrected chi connectivity index (χ2v) is 8.15. The van der Waals surface area contributed by atoms with Gasteiger partial charge in [0.05, 0.1) is 23.3 Å². The second-order valence-electron chi connectivity index (χ2n) is 7.20. The molecule has 2 aromatic rings. The van der Waals surface area contributed by atoms with Crippen LogP contribution in [0.1, 0.15) is 42.1 Å². The smallest absolute Gasteiger partial charge is 0.262 e. The average molecular weight is 388 g/mol. The minimum atomic E-state index is -0.968. The topological polar surface area (TPSA) is 71.5 Å². The molecular weight excluding hydrogens is 362 g/mol. The predicted octanol–water partition coefficient (Wildman–Crippen LogP) is 2.86. The fourth-order valence-corrected chi connectivity index (χ4v) is 3.77. The highest BCUT2D eigenvalue weighted by Crippen LogP contribution is 2.19. The third-order valence-electron chi connectivity index (χ3n) is 4.56. The van der Waals surface area contributed by atoms with Crippen molar-refractivity contribution < 1.29 is 14.3 Å². The quantitative estimate of drug-likeness (QED) is 0.827. The van der Waals surface area contributed by atoms with Crippen LogP contribution in [0.5, 0.6) is 0 Å². The highest BCUT2D eigenvalue weighted by atomic mass is 32.1. The van der Waals surface area contributed by atoms with Crippen LogP contribution >= 0.6 is 11.3 Å². The van der Waals surface area contributed by atoms with Gasteiger partial charge >= 0.3 is 0 Å². The van der Waals surface area contributed by atoms with Crippen molar-refractivity contribution in [3.8, 4) is 0 Å². The van der Waals surface area contributed by atoms with Crippen LogP contribution in [-0.4, -0.2) is 46.4 Å². The number of likely N-dealkylation sites (tertiary alicyclic amines) is 1. The SMILES string of the molecule is CC(C)(NC(=O)c1cccs1)C(=O)N1CCCC(OCc2ccccn2)C1. The summed E-state index contributed by atoms with van der Waals surface area (Å²) in [6.07, 6.45) is 3.52. The summed E-state index contributed by atoms with van der Waals surface area (Å²) >= 11 is 1.36. The summed E-state index contributed by atoms with van der Waals surface area (Å²) in [5, 5.41) is 4.70. The summed E-state index contributed by atoms with van der Waals surface area (Å²) in [5.41, 5.74) is -0.0891. The van der Waals surface area contributed by atoms with Crippen molar-refractivity contribution in [3.05, 3.63) is 52.5 Å². The second kappa shape index (κ2) is 8.63. The van der Waals surface area contributed by atoms with Crippen LogP contribution in [0.15, 0.2) is 41.9 Å². The molecule has 1 fully saturated rings. The van der Waals surface area contributed by atoms with Gasteiger partial charge < -0.3 is 15.0 Å². The molecule has 2 amide bonds. The summed E-state index contributed by atoms with van der Waals surface area (Å²) < 4.78 is 5.96. The van der Waals surface area contributed by atoms with Crippen LogP contribution in [0.3, 0.4) is 0 Å². The fourth-order valence-electron chi connectivity index (χ4n) is 3.15. The van der Waals surface area contributed by atoms with Crippen molar-refractivity contribution in [2.45, 2.75) is 44.9 Å². The molecule has 3 rings (SSSR count). The van der Waals surface area contributed by atoms with E-state index in [0.29, 0.717) is 24.6 Å². The molecule has 6 nitrogen and oxygen atoms in total. The van der Waals surface area contributed by atoms with Gasteiger partial charge in [0.25, 0.3) is 5.91 Å². The van der Waals surface area contributed by atoms with Gasteiger partial charge in [-0.3, -0.25) is 14.6 Å². The van der Waals surface area contributed by atoms with Gasteiger partial charge in [-0.15, -0.1) is 11.3 Å². The molecule has 1 N–H and O–H groups in total. The lowest BCUT2D eigenvalue weighted by Crippen LogP contribution is -2.58. The standard InChI is InChI=1S/C20H25N3O3S/c1-20(2,22-18(24)17-9-6-12-27-17)19(25)23-11-5-8-16(13-23)26-14-15-7-3-4-10-21-15/h3-4,6-7,9-10,12,16H,5,8,11,13-14H2,1-2H3,(H,22,24). The third-order valence-corrected chi connectivity index (χ3v) is 5.43. The maximum atomic E-state index is 13.0. The molecule has 1 aliphatic rings. The summed E-state index contributed by atoms with van der Waals surface area (Å²) in [7, 11) is 0. The first kappa shape index (κ1) is 19.5. The Labute approximate surface area is 163 Å². The van der Waals surface area contributed by atoms with Crippen LogP contribution in [0.25, 0.3) is 0 Å². The van der Waals surface area contributed by atoms with Gasteiger partial charge in [0, 0.05) is 19.3 Å². The van der Waals surface area contributed by atoms with E-state index >= 15 is 0 Å². The molecule has 2 aromatic heterocycles. The van der Waals surface area contributed by atoms with Gasteiger partial charge in [-0.1, -0.05) is 12.1 Å². The van der Waals surface area contributed by atoms with E-state index in [-0.39, 0.29) is 17.9 Å². The van der Waals surface area contributed by atoms with Crippen molar-refractivity contribution in [2.75, 3.05) is 13.1 Å². The van der Waals surface area contributed by atoms with E-state index < -0.39 is 5.54 Å². The number of ether oxygens (including phenoxy) is 1. The lowest BCUT2D eigenvalue weighted by atomic mass is 10.00. The maximum absolute atomic E-state index is 13.0. The predicted molar refractivity (Wildman–Crippen MR) is 104 cm³/mol. The number of aromatic nitrogens is 1. The number of nitrogens with zero attached hydrogens (tertiary/aromatic N) is 2. The lowest BCUT2D eigenvalue weighted by Gasteiger charge is -2.37. The molecule has 1 aliphatic heterocycles. The van der Waals surface area contributed by atoms with E-state index in [9.17, 15) is 9.59 Å². The molecule has 1 atom stereocenters. The number of thiophene rings is 1. The highest BCUT2D eigenvalue weighted by Gasteiger charge is 2.36. The molecule has 0 spiro atoms. The van der Waals surface area contributed by atoms with E-state index in [1.807, 2.05) is 29.6 Å². The van der Waals surface area contributed by atoms with Crippen molar-refractivity contribution in [1.29, 1.82) is 0 Å². The van der Waals surface area contributed by atoms with Gasteiger partial charge in [0.2, 0.25) is 5.91 Å². The van der Waals surface area contributed by atoms with E-state index in [1.54, 1.807) is 31.0 Å². The van der Waals surface area contributed by atoms with Gasteiger partial charge in [0.15, 0.2) is 0 Å².